The van der Waals surface area contributed by atoms with Crippen molar-refractivity contribution in [2.45, 2.75) is 26.2 Å². The minimum Gasteiger partial charge on any atom is -0.324 e. The molecular formula is C16H20N2O. The van der Waals surface area contributed by atoms with Gasteiger partial charge in [-0.1, -0.05) is 25.3 Å². The molecule has 0 spiro atoms. The molecule has 3 nitrogen and oxygen atoms in total. The molecule has 0 aliphatic carbocycles. The van der Waals surface area contributed by atoms with Gasteiger partial charge in [-0.25, -0.2) is 4.79 Å². The molecule has 0 radical (unpaired) electrons. The van der Waals surface area contributed by atoms with E-state index in [1.165, 1.54) is 6.42 Å². The number of nitrogens with zero attached hydrogens (tertiary/aromatic N) is 1. The minimum absolute atomic E-state index is 0.0210. The zero-order chi connectivity index (χ0) is 13.7. The standard InChI is InChI=1S/C16H20N2O/c1-3-13-7-5-9-15(11-13)17-16(19)18-10-6-8-14(4-2)12-18/h1,5,7,9,11,14H,4,6,8,10,12H2,2H3,(H,17,19). The Labute approximate surface area is 115 Å². The van der Waals surface area contributed by atoms with Crippen molar-refractivity contribution in [3.05, 3.63) is 29.8 Å². The molecule has 3 heteroatoms. The molecule has 1 aromatic carbocycles. The number of rotatable bonds is 2. The largest absolute Gasteiger partial charge is 0.324 e. The van der Waals surface area contributed by atoms with Gasteiger partial charge in [0.1, 0.15) is 0 Å². The minimum atomic E-state index is -0.0210. The monoisotopic (exact) mass is 256 g/mol. The number of terminal acetylenes is 1. The SMILES string of the molecule is C#Cc1cccc(NC(=O)N2CCCC(CC)C2)c1. The quantitative estimate of drug-likeness (QED) is 0.809. The zero-order valence-electron chi connectivity index (χ0n) is 11.4. The first-order chi connectivity index (χ1) is 9.22. The molecule has 1 aliphatic heterocycles. The van der Waals surface area contributed by atoms with Crippen molar-refractivity contribution >= 4 is 11.7 Å². The van der Waals surface area contributed by atoms with Crippen LogP contribution in [0.2, 0.25) is 0 Å². The van der Waals surface area contributed by atoms with E-state index in [2.05, 4.69) is 18.2 Å². The summed E-state index contributed by atoms with van der Waals surface area (Å²) in [6.07, 6.45) is 8.81. The van der Waals surface area contributed by atoms with E-state index >= 15 is 0 Å². The molecular weight excluding hydrogens is 236 g/mol. The smallest absolute Gasteiger partial charge is 0.321 e. The Bertz CT molecular complexity index is 490. The number of amides is 2. The first kappa shape index (κ1) is 13.5. The molecule has 1 heterocycles. The van der Waals surface area contributed by atoms with Crippen LogP contribution in [0.5, 0.6) is 0 Å². The molecule has 1 N–H and O–H groups in total. The number of urea groups is 1. The summed E-state index contributed by atoms with van der Waals surface area (Å²) in [5, 5.41) is 2.92. The van der Waals surface area contributed by atoms with Crippen LogP contribution in [-0.2, 0) is 0 Å². The first-order valence-corrected chi connectivity index (χ1v) is 6.85. The fourth-order valence-corrected chi connectivity index (χ4v) is 2.47. The van der Waals surface area contributed by atoms with Gasteiger partial charge in [-0.2, -0.15) is 0 Å². The predicted octanol–water partition coefficient (Wildman–Crippen LogP) is 3.32. The van der Waals surface area contributed by atoms with Crippen molar-refractivity contribution in [1.29, 1.82) is 0 Å². The average Bonchev–Trinajstić information content (AvgIpc) is 2.47. The molecule has 0 saturated carbocycles. The number of hydrogen-bond donors (Lipinski definition) is 1. The fraction of sp³-hybridized carbons (Fsp3) is 0.438. The van der Waals surface area contributed by atoms with Crippen molar-refractivity contribution < 1.29 is 4.79 Å². The Hall–Kier alpha value is -1.95. The van der Waals surface area contributed by atoms with Gasteiger partial charge in [0.2, 0.25) is 0 Å². The molecule has 1 aromatic rings. The van der Waals surface area contributed by atoms with Gasteiger partial charge in [0.25, 0.3) is 0 Å². The van der Waals surface area contributed by atoms with Crippen LogP contribution in [0.15, 0.2) is 24.3 Å². The summed E-state index contributed by atoms with van der Waals surface area (Å²) in [5.74, 6) is 3.21. The second-order valence-corrected chi connectivity index (χ2v) is 5.02. The topological polar surface area (TPSA) is 32.3 Å². The summed E-state index contributed by atoms with van der Waals surface area (Å²) < 4.78 is 0. The second-order valence-electron chi connectivity index (χ2n) is 5.02. The van der Waals surface area contributed by atoms with Crippen LogP contribution < -0.4 is 5.32 Å². The molecule has 1 atom stereocenters. The molecule has 1 fully saturated rings. The number of carbonyl (C=O) groups is 1. The highest BCUT2D eigenvalue weighted by atomic mass is 16.2. The van der Waals surface area contributed by atoms with Crippen LogP contribution >= 0.6 is 0 Å². The lowest BCUT2D eigenvalue weighted by molar-refractivity contribution is 0.176. The summed E-state index contributed by atoms with van der Waals surface area (Å²) >= 11 is 0. The number of anilines is 1. The van der Waals surface area contributed by atoms with E-state index in [1.807, 2.05) is 29.2 Å². The Balaban J connectivity index is 1.98. The number of hydrogen-bond acceptors (Lipinski definition) is 1. The Kier molecular flexibility index (Phi) is 4.46. The summed E-state index contributed by atoms with van der Waals surface area (Å²) in [5.41, 5.74) is 1.54. The fourth-order valence-electron chi connectivity index (χ4n) is 2.47. The van der Waals surface area contributed by atoms with Gasteiger partial charge in [0, 0.05) is 24.3 Å². The molecule has 19 heavy (non-hydrogen) atoms. The van der Waals surface area contributed by atoms with Gasteiger partial charge in [0.05, 0.1) is 0 Å². The van der Waals surface area contributed by atoms with Crippen molar-refractivity contribution in [2.75, 3.05) is 18.4 Å². The number of nitrogens with one attached hydrogen (secondary N) is 1. The Morgan fingerprint density at radius 2 is 2.42 bits per heavy atom. The lowest BCUT2D eigenvalue weighted by atomic mass is 9.96. The van der Waals surface area contributed by atoms with Gasteiger partial charge in [-0.3, -0.25) is 0 Å². The van der Waals surface area contributed by atoms with Crippen LogP contribution in [0.25, 0.3) is 0 Å². The molecule has 100 valence electrons. The molecule has 0 aromatic heterocycles. The normalized spacial score (nSPS) is 18.7. The van der Waals surface area contributed by atoms with Gasteiger partial charge in [-0.15, -0.1) is 6.42 Å². The van der Waals surface area contributed by atoms with E-state index in [0.29, 0.717) is 5.92 Å². The number of benzene rings is 1. The third kappa shape index (κ3) is 3.51. The van der Waals surface area contributed by atoms with Crippen LogP contribution in [0.1, 0.15) is 31.7 Å². The summed E-state index contributed by atoms with van der Waals surface area (Å²) in [6.45, 7) is 3.89. The molecule has 1 unspecified atom stereocenters. The highest BCUT2D eigenvalue weighted by molar-refractivity contribution is 5.89. The lowest BCUT2D eigenvalue weighted by Gasteiger charge is -2.32. The molecule has 1 saturated heterocycles. The third-order valence-electron chi connectivity index (χ3n) is 3.66. The average molecular weight is 256 g/mol. The first-order valence-electron chi connectivity index (χ1n) is 6.85. The summed E-state index contributed by atoms with van der Waals surface area (Å²) in [4.78, 5) is 14.1. The van der Waals surface area contributed by atoms with E-state index in [0.717, 1.165) is 37.2 Å². The second kappa shape index (κ2) is 6.29. The lowest BCUT2D eigenvalue weighted by Crippen LogP contribution is -2.42. The highest BCUT2D eigenvalue weighted by Gasteiger charge is 2.22. The van der Waals surface area contributed by atoms with Crippen molar-refractivity contribution in [2.24, 2.45) is 5.92 Å². The molecule has 0 bridgehead atoms. The zero-order valence-corrected chi connectivity index (χ0v) is 11.4. The molecule has 2 rings (SSSR count). The van der Waals surface area contributed by atoms with Crippen LogP contribution in [0, 0.1) is 18.3 Å². The van der Waals surface area contributed by atoms with Gasteiger partial charge in [-0.05, 0) is 37.0 Å². The highest BCUT2D eigenvalue weighted by Crippen LogP contribution is 2.20. The van der Waals surface area contributed by atoms with E-state index in [-0.39, 0.29) is 6.03 Å². The Morgan fingerprint density at radius 3 is 3.16 bits per heavy atom. The summed E-state index contributed by atoms with van der Waals surface area (Å²) in [6, 6.07) is 7.37. The van der Waals surface area contributed by atoms with Crippen molar-refractivity contribution in [1.82, 2.24) is 4.90 Å². The maximum absolute atomic E-state index is 12.2. The number of piperidine rings is 1. The number of carbonyl (C=O) groups excluding carboxylic acids is 1. The third-order valence-corrected chi connectivity index (χ3v) is 3.66. The van der Waals surface area contributed by atoms with Crippen molar-refractivity contribution in [3.8, 4) is 12.3 Å². The van der Waals surface area contributed by atoms with Gasteiger partial charge < -0.3 is 10.2 Å². The van der Waals surface area contributed by atoms with Crippen LogP contribution in [-0.4, -0.2) is 24.0 Å². The van der Waals surface area contributed by atoms with Crippen molar-refractivity contribution in [3.63, 3.8) is 0 Å². The molecule has 1 aliphatic rings. The van der Waals surface area contributed by atoms with E-state index in [4.69, 9.17) is 6.42 Å². The van der Waals surface area contributed by atoms with E-state index < -0.39 is 0 Å². The predicted molar refractivity (Wildman–Crippen MR) is 78.0 cm³/mol. The van der Waals surface area contributed by atoms with Gasteiger partial charge in [0.15, 0.2) is 0 Å². The van der Waals surface area contributed by atoms with E-state index in [9.17, 15) is 4.79 Å². The maximum Gasteiger partial charge on any atom is 0.321 e. The van der Waals surface area contributed by atoms with Gasteiger partial charge >= 0.3 is 6.03 Å². The maximum atomic E-state index is 12.2. The number of likely N-dealkylation sites (tertiary alicyclic amines) is 1. The van der Waals surface area contributed by atoms with E-state index in [1.54, 1.807) is 0 Å². The Morgan fingerprint density at radius 1 is 1.58 bits per heavy atom. The summed E-state index contributed by atoms with van der Waals surface area (Å²) in [7, 11) is 0. The van der Waals surface area contributed by atoms with Crippen LogP contribution in [0.4, 0.5) is 10.5 Å². The molecule has 2 amide bonds. The van der Waals surface area contributed by atoms with Crippen LogP contribution in [0.3, 0.4) is 0 Å².